The molecule has 2 heterocycles. The highest BCUT2D eigenvalue weighted by Gasteiger charge is 2.23. The highest BCUT2D eigenvalue weighted by Crippen LogP contribution is 2.16. The van der Waals surface area contributed by atoms with Gasteiger partial charge in [-0.1, -0.05) is 30.3 Å². The van der Waals surface area contributed by atoms with Crippen molar-refractivity contribution in [1.29, 1.82) is 0 Å². The molecule has 0 radical (unpaired) electrons. The summed E-state index contributed by atoms with van der Waals surface area (Å²) in [6, 6.07) is 10.3. The highest BCUT2D eigenvalue weighted by atomic mass is 32.1. The summed E-state index contributed by atoms with van der Waals surface area (Å²) in [5, 5.41) is 5.85. The molecule has 2 aromatic rings. The van der Waals surface area contributed by atoms with Crippen molar-refractivity contribution >= 4 is 17.2 Å². The summed E-state index contributed by atoms with van der Waals surface area (Å²) in [5.74, 6) is 0.0178. The van der Waals surface area contributed by atoms with E-state index in [0.29, 0.717) is 13.0 Å². The molecule has 5 nitrogen and oxygen atoms in total. The van der Waals surface area contributed by atoms with Crippen LogP contribution >= 0.6 is 11.3 Å². The topological polar surface area (TPSA) is 54.5 Å². The minimum absolute atomic E-state index is 0.0178. The van der Waals surface area contributed by atoms with Crippen LogP contribution in [0.5, 0.6) is 0 Å². The summed E-state index contributed by atoms with van der Waals surface area (Å²) in [6.07, 6.45) is 2.10. The molecule has 1 aliphatic heterocycles. The number of nitrogens with one attached hydrogen (secondary N) is 1. The molecular weight excluding hydrogens is 322 g/mol. The van der Waals surface area contributed by atoms with Crippen molar-refractivity contribution in [3.8, 4) is 0 Å². The van der Waals surface area contributed by atoms with Crippen LogP contribution in [0.4, 0.5) is 0 Å². The maximum atomic E-state index is 12.2. The number of nitrogens with zero attached hydrogens (tertiary/aromatic N) is 2. The molecule has 0 unspecified atom stereocenters. The number of rotatable bonds is 6. The molecule has 1 N–H and O–H groups in total. The van der Waals surface area contributed by atoms with Gasteiger partial charge in [-0.3, -0.25) is 9.69 Å². The van der Waals surface area contributed by atoms with Gasteiger partial charge in [-0.25, -0.2) is 4.98 Å². The van der Waals surface area contributed by atoms with Crippen molar-refractivity contribution in [3.63, 3.8) is 0 Å². The molecule has 2 atom stereocenters. The standard InChI is InChI=1S/C18H23N3O2S/c1-14(18-19-7-10-24-18)20-17(22)11-16-13-21(8-9-23-16)12-15-5-3-2-4-6-15/h2-7,10,14,16H,8-9,11-13H2,1H3,(H,20,22)/t14-,16-/m0/s1. The number of morpholine rings is 1. The van der Waals surface area contributed by atoms with E-state index in [2.05, 4.69) is 39.5 Å². The molecule has 128 valence electrons. The molecule has 0 spiro atoms. The summed E-state index contributed by atoms with van der Waals surface area (Å²) in [6.45, 7) is 5.22. The maximum Gasteiger partial charge on any atom is 0.223 e. The van der Waals surface area contributed by atoms with Gasteiger partial charge in [0.1, 0.15) is 5.01 Å². The molecule has 1 amide bonds. The minimum Gasteiger partial charge on any atom is -0.375 e. The van der Waals surface area contributed by atoms with Crippen LogP contribution < -0.4 is 5.32 Å². The van der Waals surface area contributed by atoms with Gasteiger partial charge in [0.05, 0.1) is 25.2 Å². The van der Waals surface area contributed by atoms with Crippen molar-refractivity contribution < 1.29 is 9.53 Å². The van der Waals surface area contributed by atoms with Gasteiger partial charge in [-0.15, -0.1) is 11.3 Å². The van der Waals surface area contributed by atoms with Gasteiger partial charge in [0.15, 0.2) is 0 Å². The van der Waals surface area contributed by atoms with Crippen molar-refractivity contribution in [2.45, 2.75) is 32.0 Å². The van der Waals surface area contributed by atoms with Gasteiger partial charge in [0.2, 0.25) is 5.91 Å². The molecular formula is C18H23N3O2S. The number of aromatic nitrogens is 1. The van der Waals surface area contributed by atoms with E-state index in [1.54, 1.807) is 17.5 Å². The van der Waals surface area contributed by atoms with Gasteiger partial charge >= 0.3 is 0 Å². The third kappa shape index (κ3) is 4.87. The smallest absolute Gasteiger partial charge is 0.223 e. The van der Waals surface area contributed by atoms with E-state index in [1.165, 1.54) is 5.56 Å². The molecule has 1 saturated heterocycles. The number of ether oxygens (including phenoxy) is 1. The fourth-order valence-corrected chi connectivity index (χ4v) is 3.55. The number of carbonyl (C=O) groups excluding carboxylic acids is 1. The molecule has 6 heteroatoms. The van der Waals surface area contributed by atoms with Crippen molar-refractivity contribution in [2.75, 3.05) is 19.7 Å². The minimum atomic E-state index is -0.0542. The van der Waals surface area contributed by atoms with Crippen LogP contribution in [0.25, 0.3) is 0 Å². The lowest BCUT2D eigenvalue weighted by atomic mass is 10.1. The number of hydrogen-bond acceptors (Lipinski definition) is 5. The van der Waals surface area contributed by atoms with E-state index in [1.807, 2.05) is 18.4 Å². The molecule has 24 heavy (non-hydrogen) atoms. The summed E-state index contributed by atoms with van der Waals surface area (Å²) >= 11 is 1.56. The molecule has 1 aliphatic rings. The lowest BCUT2D eigenvalue weighted by Gasteiger charge is -2.32. The van der Waals surface area contributed by atoms with Gasteiger partial charge in [0, 0.05) is 31.2 Å². The number of benzene rings is 1. The molecule has 3 rings (SSSR count). The van der Waals surface area contributed by atoms with Crippen molar-refractivity contribution in [1.82, 2.24) is 15.2 Å². The SMILES string of the molecule is C[C@H](NC(=O)C[C@H]1CN(Cc2ccccc2)CCO1)c1nccs1. The molecule has 1 aromatic carbocycles. The van der Waals surface area contributed by atoms with Crippen LogP contribution in [0, 0.1) is 0 Å². The third-order valence-electron chi connectivity index (χ3n) is 4.08. The van der Waals surface area contributed by atoms with Crippen molar-refractivity contribution in [3.05, 3.63) is 52.5 Å². The van der Waals surface area contributed by atoms with Gasteiger partial charge < -0.3 is 10.1 Å². The first kappa shape index (κ1) is 17.1. The van der Waals surface area contributed by atoms with Crippen LogP contribution in [0.1, 0.15) is 30.0 Å². The third-order valence-corrected chi connectivity index (χ3v) is 5.04. The molecule has 1 fully saturated rings. The van der Waals surface area contributed by atoms with E-state index in [0.717, 1.165) is 24.6 Å². The van der Waals surface area contributed by atoms with E-state index < -0.39 is 0 Å². The van der Waals surface area contributed by atoms with E-state index >= 15 is 0 Å². The zero-order chi connectivity index (χ0) is 16.8. The largest absolute Gasteiger partial charge is 0.375 e. The summed E-state index contributed by atoms with van der Waals surface area (Å²) in [5.41, 5.74) is 1.29. The first-order valence-electron chi connectivity index (χ1n) is 8.27. The second-order valence-corrected chi connectivity index (χ2v) is 7.00. The fourth-order valence-electron chi connectivity index (χ4n) is 2.91. The monoisotopic (exact) mass is 345 g/mol. The van der Waals surface area contributed by atoms with Gasteiger partial charge in [0.25, 0.3) is 0 Å². The average molecular weight is 345 g/mol. The van der Waals surface area contributed by atoms with E-state index in [-0.39, 0.29) is 18.1 Å². The molecule has 0 aliphatic carbocycles. The molecule has 0 saturated carbocycles. The highest BCUT2D eigenvalue weighted by molar-refractivity contribution is 7.09. The Labute approximate surface area is 146 Å². The normalized spacial score (nSPS) is 19.8. The number of carbonyl (C=O) groups is 1. The van der Waals surface area contributed by atoms with Crippen LogP contribution in [0.3, 0.4) is 0 Å². The van der Waals surface area contributed by atoms with Crippen LogP contribution in [0.2, 0.25) is 0 Å². The number of amides is 1. The first-order chi connectivity index (χ1) is 11.7. The van der Waals surface area contributed by atoms with Gasteiger partial charge in [-0.2, -0.15) is 0 Å². The Kier molecular flexibility index (Phi) is 5.96. The predicted molar refractivity (Wildman–Crippen MR) is 94.7 cm³/mol. The van der Waals surface area contributed by atoms with Crippen molar-refractivity contribution in [2.24, 2.45) is 0 Å². The molecule has 1 aromatic heterocycles. The van der Waals surface area contributed by atoms with E-state index in [9.17, 15) is 4.79 Å². The average Bonchev–Trinajstić information content (AvgIpc) is 3.10. The zero-order valence-electron chi connectivity index (χ0n) is 13.9. The lowest BCUT2D eigenvalue weighted by molar-refractivity contribution is -0.126. The van der Waals surface area contributed by atoms with E-state index in [4.69, 9.17) is 4.74 Å². The summed E-state index contributed by atoms with van der Waals surface area (Å²) in [7, 11) is 0. The second kappa shape index (κ2) is 8.37. The Morgan fingerprint density at radius 2 is 2.29 bits per heavy atom. The summed E-state index contributed by atoms with van der Waals surface area (Å²) in [4.78, 5) is 18.8. The Hall–Kier alpha value is -1.76. The van der Waals surface area contributed by atoms with Gasteiger partial charge in [-0.05, 0) is 12.5 Å². The first-order valence-corrected chi connectivity index (χ1v) is 9.15. The summed E-state index contributed by atoms with van der Waals surface area (Å²) < 4.78 is 5.77. The Bertz CT molecular complexity index is 633. The Morgan fingerprint density at radius 3 is 3.04 bits per heavy atom. The fraction of sp³-hybridized carbons (Fsp3) is 0.444. The van der Waals surface area contributed by atoms with Crippen LogP contribution in [0.15, 0.2) is 41.9 Å². The van der Waals surface area contributed by atoms with Crippen LogP contribution in [-0.2, 0) is 16.1 Å². The quantitative estimate of drug-likeness (QED) is 0.874. The Balaban J connectivity index is 1.47. The Morgan fingerprint density at radius 1 is 1.46 bits per heavy atom. The number of thiazole rings is 1. The second-order valence-electron chi connectivity index (χ2n) is 6.08. The zero-order valence-corrected chi connectivity index (χ0v) is 14.7. The number of hydrogen-bond donors (Lipinski definition) is 1. The predicted octanol–water partition coefficient (Wildman–Crippen LogP) is 2.61. The maximum absolute atomic E-state index is 12.2. The molecule has 0 bridgehead atoms. The lowest BCUT2D eigenvalue weighted by Crippen LogP contribution is -2.44. The van der Waals surface area contributed by atoms with Crippen LogP contribution in [-0.4, -0.2) is 41.6 Å².